The third-order valence-electron chi connectivity index (χ3n) is 4.26. The van der Waals surface area contributed by atoms with Crippen LogP contribution in [0.2, 0.25) is 0 Å². The molecule has 2 heterocycles. The number of carbonyl (C=O) groups is 1. The molecule has 0 unspecified atom stereocenters. The lowest BCUT2D eigenvalue weighted by molar-refractivity contribution is 0.0689. The van der Waals surface area contributed by atoms with Gasteiger partial charge in [-0.05, 0) is 19.4 Å². The van der Waals surface area contributed by atoms with Crippen molar-refractivity contribution in [2.24, 2.45) is 0 Å². The first-order valence-corrected chi connectivity index (χ1v) is 8.65. The van der Waals surface area contributed by atoms with Gasteiger partial charge in [-0.1, -0.05) is 30.3 Å². The van der Waals surface area contributed by atoms with Crippen LogP contribution in [-0.2, 0) is 11.3 Å². The Morgan fingerprint density at radius 3 is 2.40 bits per heavy atom. The maximum absolute atomic E-state index is 12.9. The molecule has 3 rings (SSSR count). The first-order chi connectivity index (χ1) is 12.1. The fourth-order valence-electron chi connectivity index (χ4n) is 2.79. The van der Waals surface area contributed by atoms with Gasteiger partial charge in [0, 0.05) is 38.1 Å². The molecule has 1 aromatic carbocycles. The lowest BCUT2D eigenvalue weighted by Crippen LogP contribution is -2.38. The summed E-state index contributed by atoms with van der Waals surface area (Å²) in [6.07, 6.45) is 3.25. The minimum atomic E-state index is -0.0487. The van der Waals surface area contributed by atoms with Gasteiger partial charge in [-0.2, -0.15) is 0 Å². The molecule has 0 atom stereocenters. The second-order valence-electron chi connectivity index (χ2n) is 6.38. The molecule has 6 heteroatoms. The van der Waals surface area contributed by atoms with Crippen LogP contribution in [-0.4, -0.2) is 53.1 Å². The summed E-state index contributed by atoms with van der Waals surface area (Å²) >= 11 is 0. The molecule has 0 N–H and O–H groups in total. The van der Waals surface area contributed by atoms with E-state index in [4.69, 9.17) is 4.74 Å². The molecule has 0 bridgehead atoms. The van der Waals surface area contributed by atoms with Crippen LogP contribution in [0.15, 0.2) is 42.7 Å². The van der Waals surface area contributed by atoms with Gasteiger partial charge >= 0.3 is 0 Å². The number of ether oxygens (including phenoxy) is 1. The Bertz CT molecular complexity index is 682. The highest BCUT2D eigenvalue weighted by molar-refractivity contribution is 5.93. The van der Waals surface area contributed by atoms with E-state index in [0.29, 0.717) is 31.3 Å². The van der Waals surface area contributed by atoms with Crippen molar-refractivity contribution in [3.63, 3.8) is 0 Å². The van der Waals surface area contributed by atoms with Crippen LogP contribution in [0.3, 0.4) is 0 Å². The van der Waals surface area contributed by atoms with Crippen LogP contribution in [0, 0.1) is 0 Å². The summed E-state index contributed by atoms with van der Waals surface area (Å²) in [6, 6.07) is 10.1. The molecule has 132 valence electrons. The number of carbonyl (C=O) groups excluding carboxylic acids is 1. The summed E-state index contributed by atoms with van der Waals surface area (Å²) in [5, 5.41) is 0. The molecule has 0 radical (unpaired) electrons. The van der Waals surface area contributed by atoms with Crippen molar-refractivity contribution in [3.05, 3.63) is 53.9 Å². The molecule has 25 heavy (non-hydrogen) atoms. The molecular formula is C19H24N4O2. The van der Waals surface area contributed by atoms with Crippen molar-refractivity contribution < 1.29 is 9.53 Å². The summed E-state index contributed by atoms with van der Waals surface area (Å²) in [4.78, 5) is 25.6. The second kappa shape index (κ2) is 8.07. The predicted molar refractivity (Wildman–Crippen MR) is 96.5 cm³/mol. The molecule has 1 aliphatic heterocycles. The Labute approximate surface area is 148 Å². The number of nitrogens with zero attached hydrogens (tertiary/aromatic N) is 4. The molecule has 1 amide bonds. The van der Waals surface area contributed by atoms with Crippen molar-refractivity contribution in [3.8, 4) is 0 Å². The van der Waals surface area contributed by atoms with E-state index < -0.39 is 0 Å². The van der Waals surface area contributed by atoms with E-state index in [2.05, 4.69) is 14.9 Å². The van der Waals surface area contributed by atoms with Gasteiger partial charge in [0.05, 0.1) is 18.8 Å². The highest BCUT2D eigenvalue weighted by Crippen LogP contribution is 2.14. The van der Waals surface area contributed by atoms with Crippen molar-refractivity contribution in [1.82, 2.24) is 14.9 Å². The van der Waals surface area contributed by atoms with Gasteiger partial charge < -0.3 is 14.5 Å². The molecule has 0 aliphatic carbocycles. The topological polar surface area (TPSA) is 58.6 Å². The number of amides is 1. The Morgan fingerprint density at radius 1 is 1.16 bits per heavy atom. The molecule has 1 fully saturated rings. The zero-order valence-electron chi connectivity index (χ0n) is 14.8. The molecule has 1 aliphatic rings. The predicted octanol–water partition coefficient (Wildman–Crippen LogP) is 2.36. The highest BCUT2D eigenvalue weighted by Gasteiger charge is 2.21. The van der Waals surface area contributed by atoms with Crippen molar-refractivity contribution in [2.75, 3.05) is 31.2 Å². The van der Waals surface area contributed by atoms with Crippen LogP contribution >= 0.6 is 0 Å². The average molecular weight is 340 g/mol. The summed E-state index contributed by atoms with van der Waals surface area (Å²) in [5.41, 5.74) is 1.62. The van der Waals surface area contributed by atoms with E-state index in [1.807, 2.05) is 49.1 Å². The number of rotatable bonds is 5. The van der Waals surface area contributed by atoms with Crippen molar-refractivity contribution in [2.45, 2.75) is 26.4 Å². The summed E-state index contributed by atoms with van der Waals surface area (Å²) in [6.45, 7) is 7.53. The van der Waals surface area contributed by atoms with Crippen LogP contribution in [0.1, 0.15) is 29.8 Å². The second-order valence-corrected chi connectivity index (χ2v) is 6.38. The number of anilines is 1. The van der Waals surface area contributed by atoms with Crippen LogP contribution in [0.4, 0.5) is 5.95 Å². The number of morpholine rings is 1. The normalized spacial score (nSPS) is 14.6. The minimum Gasteiger partial charge on any atom is -0.378 e. The van der Waals surface area contributed by atoms with Gasteiger partial charge in [0.2, 0.25) is 5.95 Å². The molecule has 0 spiro atoms. The SMILES string of the molecule is CC(C)N(Cc1ccccc1)C(=O)c1cnc(N2CCOCC2)nc1. The molecule has 0 saturated carbocycles. The summed E-state index contributed by atoms with van der Waals surface area (Å²) in [7, 11) is 0. The Kier molecular flexibility index (Phi) is 5.60. The number of hydrogen-bond donors (Lipinski definition) is 0. The van der Waals surface area contributed by atoms with E-state index in [-0.39, 0.29) is 11.9 Å². The average Bonchev–Trinajstić information content (AvgIpc) is 2.67. The van der Waals surface area contributed by atoms with Gasteiger partial charge in [0.15, 0.2) is 0 Å². The van der Waals surface area contributed by atoms with E-state index in [1.54, 1.807) is 12.4 Å². The zero-order chi connectivity index (χ0) is 17.6. The quantitative estimate of drug-likeness (QED) is 0.836. The van der Waals surface area contributed by atoms with Gasteiger partial charge in [-0.15, -0.1) is 0 Å². The molecule has 6 nitrogen and oxygen atoms in total. The largest absolute Gasteiger partial charge is 0.378 e. The Morgan fingerprint density at radius 2 is 1.80 bits per heavy atom. The fraction of sp³-hybridized carbons (Fsp3) is 0.421. The number of hydrogen-bond acceptors (Lipinski definition) is 5. The monoisotopic (exact) mass is 340 g/mol. The minimum absolute atomic E-state index is 0.0487. The first-order valence-electron chi connectivity index (χ1n) is 8.65. The smallest absolute Gasteiger partial charge is 0.257 e. The van der Waals surface area contributed by atoms with E-state index >= 15 is 0 Å². The van der Waals surface area contributed by atoms with Gasteiger partial charge in [0.25, 0.3) is 5.91 Å². The Hall–Kier alpha value is -2.47. The lowest BCUT2D eigenvalue weighted by Gasteiger charge is -2.28. The third-order valence-corrected chi connectivity index (χ3v) is 4.26. The van der Waals surface area contributed by atoms with Gasteiger partial charge in [-0.3, -0.25) is 4.79 Å². The Balaban J connectivity index is 1.73. The maximum atomic E-state index is 12.9. The van der Waals surface area contributed by atoms with Gasteiger partial charge in [0.1, 0.15) is 0 Å². The third kappa shape index (κ3) is 4.33. The van der Waals surface area contributed by atoms with Crippen molar-refractivity contribution in [1.29, 1.82) is 0 Å². The fourth-order valence-corrected chi connectivity index (χ4v) is 2.79. The van der Waals surface area contributed by atoms with Crippen LogP contribution in [0.25, 0.3) is 0 Å². The van der Waals surface area contributed by atoms with E-state index in [0.717, 1.165) is 18.7 Å². The van der Waals surface area contributed by atoms with Crippen molar-refractivity contribution >= 4 is 11.9 Å². The van der Waals surface area contributed by atoms with E-state index in [9.17, 15) is 4.79 Å². The van der Waals surface area contributed by atoms with Crippen LogP contribution < -0.4 is 4.90 Å². The first kappa shape index (κ1) is 17.4. The molecule has 1 saturated heterocycles. The summed E-state index contributed by atoms with van der Waals surface area (Å²) < 4.78 is 5.34. The highest BCUT2D eigenvalue weighted by atomic mass is 16.5. The molecule has 1 aromatic heterocycles. The molecular weight excluding hydrogens is 316 g/mol. The standard InChI is InChI=1S/C19H24N4O2/c1-15(2)23(14-16-6-4-3-5-7-16)18(24)17-12-20-19(21-13-17)22-8-10-25-11-9-22/h3-7,12-13,15H,8-11,14H2,1-2H3. The molecule has 2 aromatic rings. The number of aromatic nitrogens is 2. The lowest BCUT2D eigenvalue weighted by atomic mass is 10.1. The van der Waals surface area contributed by atoms with Crippen LogP contribution in [0.5, 0.6) is 0 Å². The number of benzene rings is 1. The van der Waals surface area contributed by atoms with Gasteiger partial charge in [-0.25, -0.2) is 9.97 Å². The maximum Gasteiger partial charge on any atom is 0.257 e. The summed E-state index contributed by atoms with van der Waals surface area (Å²) in [5.74, 6) is 0.603. The zero-order valence-corrected chi connectivity index (χ0v) is 14.8. The van der Waals surface area contributed by atoms with E-state index in [1.165, 1.54) is 0 Å².